The third-order valence-electron chi connectivity index (χ3n) is 5.40. The molecule has 1 aliphatic rings. The van der Waals surface area contributed by atoms with Crippen molar-refractivity contribution in [1.82, 2.24) is 5.43 Å². The molecular formula is C24H22F2N2O7S. The summed E-state index contributed by atoms with van der Waals surface area (Å²) in [5.74, 6) is -1.73. The molecule has 9 nitrogen and oxygen atoms in total. The topological polar surface area (TPSA) is 145 Å². The van der Waals surface area contributed by atoms with E-state index < -0.39 is 54.0 Å². The maximum absolute atomic E-state index is 13.9. The number of benzene rings is 2. The molecule has 4 rings (SSSR count). The zero-order valence-corrected chi connectivity index (χ0v) is 19.3. The number of nitrogens with one attached hydrogen (secondary N) is 1. The van der Waals surface area contributed by atoms with E-state index in [1.165, 1.54) is 30.5 Å². The summed E-state index contributed by atoms with van der Waals surface area (Å²) in [5, 5.41) is 43.4. The zero-order chi connectivity index (χ0) is 25.8. The first kappa shape index (κ1) is 25.9. The van der Waals surface area contributed by atoms with Crippen molar-refractivity contribution in [3.8, 4) is 11.3 Å². The smallest absolute Gasteiger partial charge is 0.272 e. The molecule has 0 spiro atoms. The number of hydrogen-bond donors (Lipinski definition) is 5. The van der Waals surface area contributed by atoms with Crippen molar-refractivity contribution in [2.45, 2.75) is 34.7 Å². The highest BCUT2D eigenvalue weighted by molar-refractivity contribution is 8.00. The van der Waals surface area contributed by atoms with E-state index >= 15 is 0 Å². The van der Waals surface area contributed by atoms with Crippen molar-refractivity contribution in [3.63, 3.8) is 0 Å². The van der Waals surface area contributed by atoms with Crippen LogP contribution in [0.3, 0.4) is 0 Å². The predicted octanol–water partition coefficient (Wildman–Crippen LogP) is 1.88. The molecule has 2 aromatic carbocycles. The number of carbonyl (C=O) groups is 1. The van der Waals surface area contributed by atoms with Crippen molar-refractivity contribution >= 4 is 23.9 Å². The summed E-state index contributed by atoms with van der Waals surface area (Å²) < 4.78 is 38.0. The van der Waals surface area contributed by atoms with E-state index in [0.717, 1.165) is 23.9 Å². The number of nitrogens with zero attached hydrogens (tertiary/aromatic N) is 1. The third kappa shape index (κ3) is 5.64. The van der Waals surface area contributed by atoms with Crippen LogP contribution in [0, 0.1) is 11.6 Å². The number of furan rings is 1. The van der Waals surface area contributed by atoms with Crippen LogP contribution in [0.1, 0.15) is 16.1 Å². The molecule has 36 heavy (non-hydrogen) atoms. The molecule has 1 fully saturated rings. The Hall–Kier alpha value is -3.13. The van der Waals surface area contributed by atoms with Crippen molar-refractivity contribution in [1.29, 1.82) is 0 Å². The lowest BCUT2D eigenvalue weighted by atomic mass is 10.0. The van der Waals surface area contributed by atoms with Gasteiger partial charge in [0.15, 0.2) is 0 Å². The quantitative estimate of drug-likeness (QED) is 0.235. The minimum atomic E-state index is -1.54. The molecule has 1 amide bonds. The molecule has 0 saturated carbocycles. The fourth-order valence-corrected chi connectivity index (χ4v) is 4.71. The molecule has 0 unspecified atom stereocenters. The van der Waals surface area contributed by atoms with Gasteiger partial charge in [-0.2, -0.15) is 5.10 Å². The van der Waals surface area contributed by atoms with Gasteiger partial charge in [-0.15, -0.1) is 0 Å². The first-order valence-electron chi connectivity index (χ1n) is 10.7. The summed E-state index contributed by atoms with van der Waals surface area (Å²) in [4.78, 5) is 13.1. The Morgan fingerprint density at radius 2 is 1.83 bits per heavy atom. The number of amides is 1. The van der Waals surface area contributed by atoms with Crippen molar-refractivity contribution in [2.24, 2.45) is 5.10 Å². The molecule has 12 heteroatoms. The highest BCUT2D eigenvalue weighted by atomic mass is 32.2. The van der Waals surface area contributed by atoms with Crippen LogP contribution in [-0.4, -0.2) is 69.0 Å². The maximum atomic E-state index is 13.9. The van der Waals surface area contributed by atoms with Crippen LogP contribution in [-0.2, 0) is 4.74 Å². The van der Waals surface area contributed by atoms with Gasteiger partial charge >= 0.3 is 0 Å². The van der Waals surface area contributed by atoms with Crippen molar-refractivity contribution < 1.29 is 43.2 Å². The Labute approximate surface area is 208 Å². The van der Waals surface area contributed by atoms with Gasteiger partial charge < -0.3 is 29.6 Å². The van der Waals surface area contributed by atoms with Gasteiger partial charge in [-0.3, -0.25) is 4.79 Å². The van der Waals surface area contributed by atoms with Crippen LogP contribution in [0.4, 0.5) is 8.78 Å². The summed E-state index contributed by atoms with van der Waals surface area (Å²) >= 11 is 0.938. The molecule has 3 aromatic rings. The Morgan fingerprint density at radius 3 is 2.58 bits per heavy atom. The summed E-state index contributed by atoms with van der Waals surface area (Å²) in [5.41, 5.74) is 1.53. The molecule has 0 aliphatic carbocycles. The minimum Gasteiger partial charge on any atom is -0.455 e. The van der Waals surface area contributed by atoms with Gasteiger partial charge in [0, 0.05) is 11.0 Å². The lowest BCUT2D eigenvalue weighted by Gasteiger charge is -2.39. The number of carbonyl (C=O) groups excluding carboxylic acids is 1. The number of halogens is 2. The monoisotopic (exact) mass is 520 g/mol. The Bertz CT molecular complexity index is 1250. The van der Waals surface area contributed by atoms with Gasteiger partial charge in [0.25, 0.3) is 5.91 Å². The van der Waals surface area contributed by atoms with Gasteiger partial charge in [0.1, 0.15) is 53.0 Å². The third-order valence-corrected chi connectivity index (χ3v) is 6.64. The van der Waals surface area contributed by atoms with Gasteiger partial charge in [-0.05, 0) is 36.4 Å². The molecule has 1 aromatic heterocycles. The average molecular weight is 521 g/mol. The van der Waals surface area contributed by atoms with E-state index in [2.05, 4.69) is 10.5 Å². The molecule has 5 atom stereocenters. The number of hydrazone groups is 1. The fraction of sp³-hybridized carbons (Fsp3) is 0.250. The summed E-state index contributed by atoms with van der Waals surface area (Å²) in [6, 6.07) is 12.5. The second-order valence-corrected chi connectivity index (χ2v) is 8.98. The molecule has 0 radical (unpaired) electrons. The van der Waals surface area contributed by atoms with Crippen LogP contribution in [0.5, 0.6) is 0 Å². The standard InChI is InChI=1S/C24H22F2N2O7S/c25-12-5-7-14(16(26)9-12)17-8-6-13(34-17)10-27-28-23(33)15-3-1-2-4-19(15)36-24-22(32)21(31)20(30)18(11-29)35-24/h1-10,18,20-22,24,29-32H,11H2,(H,28,33)/b27-10+/t18-,20+,21+,22-,24+/m1/s1. The van der Waals surface area contributed by atoms with Crippen LogP contribution < -0.4 is 5.43 Å². The second-order valence-electron chi connectivity index (χ2n) is 7.84. The summed E-state index contributed by atoms with van der Waals surface area (Å²) in [6.07, 6.45) is -4.37. The van der Waals surface area contributed by atoms with E-state index in [0.29, 0.717) is 4.90 Å². The molecule has 2 heterocycles. The second kappa shape index (κ2) is 11.3. The first-order chi connectivity index (χ1) is 17.3. The number of rotatable bonds is 7. The average Bonchev–Trinajstić information content (AvgIpc) is 3.33. The van der Waals surface area contributed by atoms with Crippen LogP contribution in [0.15, 0.2) is 69.0 Å². The van der Waals surface area contributed by atoms with E-state index in [9.17, 15) is 34.0 Å². The normalized spacial score (nSPS) is 24.2. The van der Waals surface area contributed by atoms with Crippen LogP contribution in [0.25, 0.3) is 11.3 Å². The molecule has 1 aliphatic heterocycles. The lowest BCUT2D eigenvalue weighted by molar-refractivity contribution is -0.205. The van der Waals surface area contributed by atoms with E-state index in [1.807, 2.05) is 0 Å². The minimum absolute atomic E-state index is 0.0687. The Morgan fingerprint density at radius 1 is 1.06 bits per heavy atom. The van der Waals surface area contributed by atoms with Crippen LogP contribution in [0.2, 0.25) is 0 Å². The molecule has 0 bridgehead atoms. The number of ether oxygens (including phenoxy) is 1. The highest BCUT2D eigenvalue weighted by Gasteiger charge is 2.44. The van der Waals surface area contributed by atoms with Crippen molar-refractivity contribution in [2.75, 3.05) is 6.61 Å². The number of thioether (sulfide) groups is 1. The predicted molar refractivity (Wildman–Crippen MR) is 125 cm³/mol. The number of aliphatic hydroxyl groups excluding tert-OH is 4. The van der Waals surface area contributed by atoms with Gasteiger partial charge in [-0.25, -0.2) is 14.2 Å². The molecule has 1 saturated heterocycles. The van der Waals surface area contributed by atoms with Gasteiger partial charge in [-0.1, -0.05) is 23.9 Å². The molecular weight excluding hydrogens is 498 g/mol. The Balaban J connectivity index is 1.43. The lowest BCUT2D eigenvalue weighted by Crippen LogP contribution is -2.57. The largest absolute Gasteiger partial charge is 0.455 e. The van der Waals surface area contributed by atoms with Gasteiger partial charge in [0.05, 0.1) is 23.9 Å². The summed E-state index contributed by atoms with van der Waals surface area (Å²) in [7, 11) is 0. The molecule has 5 N–H and O–H groups in total. The van der Waals surface area contributed by atoms with Crippen molar-refractivity contribution in [3.05, 3.63) is 77.6 Å². The maximum Gasteiger partial charge on any atom is 0.272 e. The highest BCUT2D eigenvalue weighted by Crippen LogP contribution is 2.35. The first-order valence-corrected chi connectivity index (χ1v) is 11.6. The van der Waals surface area contributed by atoms with Crippen LogP contribution >= 0.6 is 11.8 Å². The fourth-order valence-electron chi connectivity index (χ4n) is 3.52. The SMILES string of the molecule is O=C(N/N=C/c1ccc(-c2ccc(F)cc2F)o1)c1ccccc1S[C@@H]1O[C@H](CO)[C@H](O)[C@H](O)[C@H]1O. The zero-order valence-electron chi connectivity index (χ0n) is 18.5. The number of aliphatic hydroxyl groups is 4. The van der Waals surface area contributed by atoms with E-state index in [-0.39, 0.29) is 22.6 Å². The van der Waals surface area contributed by atoms with E-state index in [1.54, 1.807) is 18.2 Å². The Kier molecular flexibility index (Phi) is 8.14. The number of hydrogen-bond acceptors (Lipinski definition) is 9. The molecule has 190 valence electrons. The van der Waals surface area contributed by atoms with Gasteiger partial charge in [0.2, 0.25) is 0 Å². The summed E-state index contributed by atoms with van der Waals surface area (Å²) in [6.45, 7) is -0.568. The van der Waals surface area contributed by atoms with E-state index in [4.69, 9.17) is 9.15 Å².